The van der Waals surface area contributed by atoms with Crippen LogP contribution in [0.5, 0.6) is 0 Å². The number of aliphatic imine (C=N–C) groups is 1. The molecule has 0 radical (unpaired) electrons. The lowest BCUT2D eigenvalue weighted by atomic mass is 10.1. The highest BCUT2D eigenvalue weighted by Crippen LogP contribution is 2.19. The Morgan fingerprint density at radius 3 is 2.14 bits per heavy atom. The molecule has 2 aromatic rings. The minimum absolute atomic E-state index is 0.0320. The number of ether oxygens (including phenoxy) is 3. The van der Waals surface area contributed by atoms with Gasteiger partial charge in [-0.3, -0.25) is 4.99 Å². The topological polar surface area (TPSA) is 74.2 Å². The summed E-state index contributed by atoms with van der Waals surface area (Å²) < 4.78 is 30.0. The summed E-state index contributed by atoms with van der Waals surface area (Å²) in [7, 11) is 1.42. The third-order valence-electron chi connectivity index (χ3n) is 3.76. The fourth-order valence-electron chi connectivity index (χ4n) is 2.31. The van der Waals surface area contributed by atoms with Gasteiger partial charge in [-0.1, -0.05) is 52.3 Å². The lowest BCUT2D eigenvalue weighted by Gasteiger charge is -2.24. The first kappa shape index (κ1) is 22.7. The SMILES string of the molecule is COCN=C[C@@H](F)[C@H](OC(=O)c1ccccc1)[C@@H](Br)COC(=O)c1ccccc1. The predicted molar refractivity (Wildman–Crippen MR) is 110 cm³/mol. The van der Waals surface area contributed by atoms with Gasteiger partial charge in [0.1, 0.15) is 13.3 Å². The molecule has 0 unspecified atom stereocenters. The number of hydrogen-bond donors (Lipinski definition) is 0. The summed E-state index contributed by atoms with van der Waals surface area (Å²) >= 11 is 3.27. The highest BCUT2D eigenvalue weighted by Gasteiger charge is 2.32. The highest BCUT2D eigenvalue weighted by atomic mass is 79.9. The lowest BCUT2D eigenvalue weighted by Crippen LogP contribution is -2.39. The number of methoxy groups -OCH3 is 1. The van der Waals surface area contributed by atoms with E-state index in [9.17, 15) is 14.0 Å². The van der Waals surface area contributed by atoms with Crippen LogP contribution in [0.3, 0.4) is 0 Å². The molecule has 0 amide bonds. The molecule has 2 aromatic carbocycles. The van der Waals surface area contributed by atoms with Crippen molar-refractivity contribution in [3.63, 3.8) is 0 Å². The van der Waals surface area contributed by atoms with Crippen molar-refractivity contribution < 1.29 is 28.2 Å². The molecular weight excluding hydrogens is 445 g/mol. The Kier molecular flexibility index (Phi) is 9.46. The van der Waals surface area contributed by atoms with Gasteiger partial charge in [-0.05, 0) is 24.3 Å². The minimum Gasteiger partial charge on any atom is -0.461 e. The molecule has 0 saturated heterocycles. The van der Waals surface area contributed by atoms with Crippen molar-refractivity contribution in [1.29, 1.82) is 0 Å². The quantitative estimate of drug-likeness (QED) is 0.302. The second-order valence-electron chi connectivity index (χ2n) is 5.91. The van der Waals surface area contributed by atoms with Crippen molar-refractivity contribution in [2.75, 3.05) is 20.4 Å². The molecular formula is C21H21BrFNO5. The van der Waals surface area contributed by atoms with E-state index in [0.717, 1.165) is 6.21 Å². The Morgan fingerprint density at radius 1 is 1.03 bits per heavy atom. The number of esters is 2. The number of carbonyl (C=O) groups is 2. The fraction of sp³-hybridized carbons (Fsp3) is 0.286. The largest absolute Gasteiger partial charge is 0.461 e. The van der Waals surface area contributed by atoms with Crippen molar-refractivity contribution >= 4 is 34.1 Å². The third kappa shape index (κ3) is 7.40. The average Bonchev–Trinajstić information content (AvgIpc) is 2.76. The van der Waals surface area contributed by atoms with Crippen LogP contribution < -0.4 is 0 Å². The Labute approximate surface area is 176 Å². The monoisotopic (exact) mass is 465 g/mol. The molecule has 29 heavy (non-hydrogen) atoms. The van der Waals surface area contributed by atoms with E-state index in [4.69, 9.17) is 14.2 Å². The molecule has 2 rings (SSSR count). The molecule has 0 fully saturated rings. The van der Waals surface area contributed by atoms with Crippen LogP contribution in [-0.2, 0) is 14.2 Å². The van der Waals surface area contributed by atoms with Crippen molar-refractivity contribution in [3.05, 3.63) is 71.8 Å². The Balaban J connectivity index is 2.06. The van der Waals surface area contributed by atoms with Crippen LogP contribution >= 0.6 is 15.9 Å². The smallest absolute Gasteiger partial charge is 0.338 e. The molecule has 0 aliphatic rings. The molecule has 8 heteroatoms. The van der Waals surface area contributed by atoms with E-state index >= 15 is 0 Å². The molecule has 3 atom stereocenters. The van der Waals surface area contributed by atoms with E-state index in [-0.39, 0.29) is 18.9 Å². The molecule has 6 nitrogen and oxygen atoms in total. The van der Waals surface area contributed by atoms with Gasteiger partial charge in [0.2, 0.25) is 0 Å². The first-order valence-corrected chi connectivity index (χ1v) is 9.69. The number of halogens is 2. The molecule has 0 aliphatic carbocycles. The summed E-state index contributed by atoms with van der Waals surface area (Å²) in [6.45, 7) is -0.241. The molecule has 154 valence electrons. The molecule has 0 aliphatic heterocycles. The Morgan fingerprint density at radius 2 is 1.59 bits per heavy atom. The van der Waals surface area contributed by atoms with Crippen LogP contribution in [0.1, 0.15) is 20.7 Å². The van der Waals surface area contributed by atoms with E-state index in [1.165, 1.54) is 7.11 Å². The molecule has 0 bridgehead atoms. The van der Waals surface area contributed by atoms with Gasteiger partial charge in [0.05, 0.1) is 16.0 Å². The second-order valence-corrected chi connectivity index (χ2v) is 7.09. The Bertz CT molecular complexity index is 803. The van der Waals surface area contributed by atoms with Crippen LogP contribution in [0, 0.1) is 0 Å². The van der Waals surface area contributed by atoms with E-state index in [1.807, 2.05) is 0 Å². The summed E-state index contributed by atoms with van der Waals surface area (Å²) in [6, 6.07) is 16.6. The number of alkyl halides is 2. The average molecular weight is 466 g/mol. The summed E-state index contributed by atoms with van der Waals surface area (Å²) in [5.74, 6) is -1.26. The maximum Gasteiger partial charge on any atom is 0.338 e. The molecule has 0 N–H and O–H groups in total. The van der Waals surface area contributed by atoms with Gasteiger partial charge in [-0.25, -0.2) is 14.0 Å². The predicted octanol–water partition coefficient (Wildman–Crippen LogP) is 3.85. The standard InChI is InChI=1S/C21H21BrFNO5/c1-27-14-24-12-18(23)19(29-21(26)16-10-6-3-7-11-16)17(22)13-28-20(25)15-8-4-2-5-9-15/h2-12,17-19H,13-14H2,1H3/t17-,18+,19+/m0/s1. The van der Waals surface area contributed by atoms with E-state index < -0.39 is 29.0 Å². The molecule has 0 saturated carbocycles. The number of hydrogen-bond acceptors (Lipinski definition) is 6. The minimum atomic E-state index is -1.74. The Hall–Kier alpha value is -2.58. The maximum absolute atomic E-state index is 14.7. The van der Waals surface area contributed by atoms with Crippen molar-refractivity contribution in [1.82, 2.24) is 0 Å². The molecule has 0 aromatic heterocycles. The summed E-state index contributed by atoms with van der Waals surface area (Å²) in [6.07, 6.45) is -2.01. The number of benzene rings is 2. The number of nitrogens with zero attached hydrogens (tertiary/aromatic N) is 1. The maximum atomic E-state index is 14.7. The normalized spacial score (nSPS) is 14.2. The van der Waals surface area contributed by atoms with Gasteiger partial charge >= 0.3 is 11.9 Å². The van der Waals surface area contributed by atoms with Crippen LogP contribution in [0.4, 0.5) is 4.39 Å². The number of rotatable bonds is 10. The third-order valence-corrected chi connectivity index (χ3v) is 4.54. The van der Waals surface area contributed by atoms with Gasteiger partial charge in [0.25, 0.3) is 0 Å². The van der Waals surface area contributed by atoms with Crippen LogP contribution in [-0.4, -0.2) is 55.7 Å². The van der Waals surface area contributed by atoms with E-state index in [1.54, 1.807) is 60.7 Å². The lowest BCUT2D eigenvalue weighted by molar-refractivity contribution is 0.00880. The van der Waals surface area contributed by atoms with Gasteiger partial charge in [0, 0.05) is 13.3 Å². The van der Waals surface area contributed by atoms with E-state index in [2.05, 4.69) is 20.9 Å². The summed E-state index contributed by atoms with van der Waals surface area (Å²) in [5.41, 5.74) is 0.642. The zero-order valence-corrected chi connectivity index (χ0v) is 17.3. The summed E-state index contributed by atoms with van der Waals surface area (Å²) in [4.78, 5) is 27.5. The highest BCUT2D eigenvalue weighted by molar-refractivity contribution is 9.09. The van der Waals surface area contributed by atoms with Crippen molar-refractivity contribution in [3.8, 4) is 0 Å². The van der Waals surface area contributed by atoms with Gasteiger partial charge in [-0.2, -0.15) is 0 Å². The zero-order chi connectivity index (χ0) is 21.1. The first-order chi connectivity index (χ1) is 14.0. The summed E-state index contributed by atoms with van der Waals surface area (Å²) in [5, 5.41) is 0. The van der Waals surface area contributed by atoms with Crippen LogP contribution in [0.25, 0.3) is 0 Å². The van der Waals surface area contributed by atoms with E-state index in [0.29, 0.717) is 5.56 Å². The van der Waals surface area contributed by atoms with Crippen molar-refractivity contribution in [2.24, 2.45) is 4.99 Å². The second kappa shape index (κ2) is 12.1. The zero-order valence-electron chi connectivity index (χ0n) is 15.7. The number of carbonyl (C=O) groups excluding carboxylic acids is 2. The van der Waals surface area contributed by atoms with Crippen LogP contribution in [0.2, 0.25) is 0 Å². The fourth-order valence-corrected chi connectivity index (χ4v) is 2.85. The van der Waals surface area contributed by atoms with Crippen molar-refractivity contribution in [2.45, 2.75) is 17.1 Å². The van der Waals surface area contributed by atoms with Gasteiger partial charge in [-0.15, -0.1) is 0 Å². The molecule has 0 heterocycles. The van der Waals surface area contributed by atoms with Gasteiger partial charge < -0.3 is 14.2 Å². The van der Waals surface area contributed by atoms with Gasteiger partial charge in [0.15, 0.2) is 12.3 Å². The molecule has 0 spiro atoms. The van der Waals surface area contributed by atoms with Crippen LogP contribution in [0.15, 0.2) is 65.7 Å². The first-order valence-electron chi connectivity index (χ1n) is 8.78.